The van der Waals surface area contributed by atoms with Gasteiger partial charge in [-0.05, 0) is 31.9 Å². The zero-order chi connectivity index (χ0) is 13.5. The van der Waals surface area contributed by atoms with E-state index in [1.807, 2.05) is 13.0 Å². The molecule has 0 aliphatic carbocycles. The largest absolute Gasteiger partial charge is 0.469 e. The third kappa shape index (κ3) is 5.75. The summed E-state index contributed by atoms with van der Waals surface area (Å²) in [6.45, 7) is 1.92. The highest BCUT2D eigenvalue weighted by atomic mass is 35.5. The van der Waals surface area contributed by atoms with Gasteiger partial charge in [-0.15, -0.1) is 12.4 Å². The van der Waals surface area contributed by atoms with Gasteiger partial charge in [-0.1, -0.05) is 11.6 Å². The van der Waals surface area contributed by atoms with E-state index < -0.39 is 0 Å². The molecule has 0 unspecified atom stereocenters. The van der Waals surface area contributed by atoms with Gasteiger partial charge in [-0.2, -0.15) is 0 Å². The molecular formula is C14H20ClNO3. The minimum atomic E-state index is -0.238. The van der Waals surface area contributed by atoms with Crippen molar-refractivity contribution < 1.29 is 14.3 Å². The van der Waals surface area contributed by atoms with Crippen molar-refractivity contribution in [1.82, 2.24) is 0 Å². The van der Waals surface area contributed by atoms with E-state index in [2.05, 4.69) is 4.74 Å². The normalized spacial score (nSPS) is 9.58. The summed E-state index contributed by atoms with van der Waals surface area (Å²) in [6.07, 6.45) is 2.09. The molecule has 0 heterocycles. The number of carbonyl (C=O) groups excluding carboxylic acids is 2. The van der Waals surface area contributed by atoms with Gasteiger partial charge < -0.3 is 10.5 Å². The van der Waals surface area contributed by atoms with E-state index in [1.54, 1.807) is 12.1 Å². The Kier molecular flexibility index (Phi) is 7.84. The van der Waals surface area contributed by atoms with Crippen molar-refractivity contribution in [2.75, 3.05) is 12.8 Å². The Morgan fingerprint density at radius 1 is 1.21 bits per heavy atom. The maximum absolute atomic E-state index is 11.9. The van der Waals surface area contributed by atoms with Gasteiger partial charge in [0.2, 0.25) is 0 Å². The first kappa shape index (κ1) is 17.4. The van der Waals surface area contributed by atoms with Crippen molar-refractivity contribution in [2.45, 2.75) is 32.6 Å². The van der Waals surface area contributed by atoms with E-state index in [4.69, 9.17) is 5.73 Å². The molecule has 19 heavy (non-hydrogen) atoms. The van der Waals surface area contributed by atoms with Crippen molar-refractivity contribution >= 4 is 29.8 Å². The van der Waals surface area contributed by atoms with E-state index in [9.17, 15) is 9.59 Å². The lowest BCUT2D eigenvalue weighted by molar-refractivity contribution is -0.140. The third-order valence-corrected chi connectivity index (χ3v) is 2.77. The first-order valence-corrected chi connectivity index (χ1v) is 6.00. The maximum atomic E-state index is 11.9. The van der Waals surface area contributed by atoms with Crippen molar-refractivity contribution in [3.8, 4) is 0 Å². The van der Waals surface area contributed by atoms with E-state index in [0.29, 0.717) is 36.9 Å². The molecule has 0 radical (unpaired) electrons. The quantitative estimate of drug-likeness (QED) is 0.378. The molecule has 0 saturated heterocycles. The topological polar surface area (TPSA) is 69.4 Å². The number of anilines is 1. The number of ether oxygens (including phenoxy) is 1. The van der Waals surface area contributed by atoms with Gasteiger partial charge in [0.15, 0.2) is 5.78 Å². The molecule has 5 heteroatoms. The van der Waals surface area contributed by atoms with Crippen LogP contribution in [0.15, 0.2) is 18.2 Å². The molecule has 1 aromatic rings. The molecule has 1 aromatic carbocycles. The van der Waals surface area contributed by atoms with Gasteiger partial charge in [0.1, 0.15) is 0 Å². The zero-order valence-electron chi connectivity index (χ0n) is 11.3. The molecule has 0 fully saturated rings. The van der Waals surface area contributed by atoms with E-state index in [-0.39, 0.29) is 24.2 Å². The number of aryl methyl sites for hydroxylation is 1. The summed E-state index contributed by atoms with van der Waals surface area (Å²) in [5, 5.41) is 0. The highest BCUT2D eigenvalue weighted by Gasteiger charge is 2.10. The number of benzene rings is 1. The summed E-state index contributed by atoms with van der Waals surface area (Å²) in [6, 6.07) is 5.43. The Hall–Kier alpha value is -1.55. The van der Waals surface area contributed by atoms with E-state index in [1.165, 1.54) is 7.11 Å². The summed E-state index contributed by atoms with van der Waals surface area (Å²) in [7, 11) is 1.36. The summed E-state index contributed by atoms with van der Waals surface area (Å²) < 4.78 is 4.53. The van der Waals surface area contributed by atoms with Gasteiger partial charge in [-0.3, -0.25) is 9.59 Å². The number of halogens is 1. The number of nitrogens with two attached hydrogens (primary N) is 1. The smallest absolute Gasteiger partial charge is 0.305 e. The molecule has 106 valence electrons. The summed E-state index contributed by atoms with van der Waals surface area (Å²) in [5.41, 5.74) is 7.87. The standard InChI is InChI=1S/C14H19NO3.ClH/c1-10-7-8-12(15)11(9-10)13(16)5-3-4-6-14(17)18-2;/h7-9H,3-6,15H2,1-2H3;1H. The van der Waals surface area contributed by atoms with Crippen molar-refractivity contribution in [2.24, 2.45) is 0 Å². The second-order valence-electron chi connectivity index (χ2n) is 4.30. The monoisotopic (exact) mass is 285 g/mol. The molecule has 0 aromatic heterocycles. The number of rotatable bonds is 6. The fraction of sp³-hybridized carbons (Fsp3) is 0.429. The van der Waals surface area contributed by atoms with Crippen LogP contribution in [0, 0.1) is 6.92 Å². The Bertz CT molecular complexity index is 446. The molecule has 1 rings (SSSR count). The molecule has 2 N–H and O–H groups in total. The van der Waals surface area contributed by atoms with Crippen LogP contribution >= 0.6 is 12.4 Å². The molecule has 0 atom stereocenters. The highest BCUT2D eigenvalue weighted by Crippen LogP contribution is 2.17. The third-order valence-electron chi connectivity index (χ3n) is 2.77. The Morgan fingerprint density at radius 2 is 1.84 bits per heavy atom. The van der Waals surface area contributed by atoms with Gasteiger partial charge >= 0.3 is 5.97 Å². The van der Waals surface area contributed by atoms with E-state index in [0.717, 1.165) is 5.56 Å². The predicted octanol–water partition coefficient (Wildman–Crippen LogP) is 2.92. The minimum absolute atomic E-state index is 0. The van der Waals surface area contributed by atoms with E-state index >= 15 is 0 Å². The highest BCUT2D eigenvalue weighted by molar-refractivity contribution is 6.00. The summed E-state index contributed by atoms with van der Waals surface area (Å²) in [4.78, 5) is 22.8. The number of ketones is 1. The molecular weight excluding hydrogens is 266 g/mol. The lowest BCUT2D eigenvalue weighted by Gasteiger charge is -2.06. The summed E-state index contributed by atoms with van der Waals surface area (Å²) in [5.74, 6) is -0.210. The van der Waals surface area contributed by atoms with Crippen molar-refractivity contribution in [3.05, 3.63) is 29.3 Å². The van der Waals surface area contributed by atoms with Crippen LogP contribution in [-0.2, 0) is 9.53 Å². The fourth-order valence-corrected chi connectivity index (χ4v) is 1.70. The van der Waals surface area contributed by atoms with Crippen LogP contribution < -0.4 is 5.73 Å². The SMILES string of the molecule is COC(=O)CCCCC(=O)c1cc(C)ccc1N.Cl. The van der Waals surface area contributed by atoms with Crippen LogP contribution in [0.4, 0.5) is 5.69 Å². The number of nitrogen functional groups attached to an aromatic ring is 1. The van der Waals surface area contributed by atoms with Crippen LogP contribution in [0.1, 0.15) is 41.6 Å². The van der Waals surface area contributed by atoms with Crippen LogP contribution in [-0.4, -0.2) is 18.9 Å². The second-order valence-corrected chi connectivity index (χ2v) is 4.30. The van der Waals surface area contributed by atoms with Gasteiger partial charge in [-0.25, -0.2) is 0 Å². The lowest BCUT2D eigenvalue weighted by atomic mass is 10.0. The van der Waals surface area contributed by atoms with Crippen molar-refractivity contribution in [1.29, 1.82) is 0 Å². The first-order valence-electron chi connectivity index (χ1n) is 6.00. The van der Waals surface area contributed by atoms with Crippen LogP contribution in [0.5, 0.6) is 0 Å². The Morgan fingerprint density at radius 3 is 2.47 bits per heavy atom. The minimum Gasteiger partial charge on any atom is -0.469 e. The number of esters is 1. The maximum Gasteiger partial charge on any atom is 0.305 e. The van der Waals surface area contributed by atoms with Crippen LogP contribution in [0.3, 0.4) is 0 Å². The Labute approximate surface area is 119 Å². The zero-order valence-corrected chi connectivity index (χ0v) is 12.1. The first-order chi connectivity index (χ1) is 8.54. The average molecular weight is 286 g/mol. The molecule has 4 nitrogen and oxygen atoms in total. The number of hydrogen-bond acceptors (Lipinski definition) is 4. The number of methoxy groups -OCH3 is 1. The van der Waals surface area contributed by atoms with Gasteiger partial charge in [0, 0.05) is 24.1 Å². The fourth-order valence-electron chi connectivity index (χ4n) is 1.70. The second kappa shape index (κ2) is 8.53. The molecule has 0 aliphatic rings. The van der Waals surface area contributed by atoms with Crippen LogP contribution in [0.2, 0.25) is 0 Å². The number of unbranched alkanes of at least 4 members (excludes halogenated alkanes) is 1. The molecule has 0 spiro atoms. The average Bonchev–Trinajstić information content (AvgIpc) is 2.36. The Balaban J connectivity index is 0.00000324. The molecule has 0 amide bonds. The van der Waals surface area contributed by atoms with Gasteiger partial charge in [0.25, 0.3) is 0 Å². The summed E-state index contributed by atoms with van der Waals surface area (Å²) >= 11 is 0. The molecule has 0 saturated carbocycles. The molecule has 0 bridgehead atoms. The predicted molar refractivity (Wildman–Crippen MR) is 77.7 cm³/mol. The van der Waals surface area contributed by atoms with Gasteiger partial charge in [0.05, 0.1) is 7.11 Å². The van der Waals surface area contributed by atoms with Crippen LogP contribution in [0.25, 0.3) is 0 Å². The number of carbonyl (C=O) groups is 2. The number of hydrogen-bond donors (Lipinski definition) is 1. The number of Topliss-reactive ketones (excluding diaryl/α,β-unsaturated/α-hetero) is 1. The molecule has 0 aliphatic heterocycles. The van der Waals surface area contributed by atoms with Crippen molar-refractivity contribution in [3.63, 3.8) is 0 Å². The lowest BCUT2D eigenvalue weighted by Crippen LogP contribution is -2.05.